The molecule has 0 unspecified atom stereocenters. The number of ketones is 1. The minimum atomic E-state index is -1.02. The highest BCUT2D eigenvalue weighted by Gasteiger charge is 2.28. The zero-order chi connectivity index (χ0) is 12.5. The molecule has 0 fully saturated rings. The van der Waals surface area contributed by atoms with Gasteiger partial charge in [-0.1, -0.05) is 20.8 Å². The summed E-state index contributed by atoms with van der Waals surface area (Å²) in [4.78, 5) is 22.9. The number of aromatic nitrogens is 1. The molecule has 0 aliphatic carbocycles. The number of aromatic carboxylic acids is 1. The summed E-state index contributed by atoms with van der Waals surface area (Å²) in [6, 6.07) is 1.43. The largest absolute Gasteiger partial charge is 0.477 e. The van der Waals surface area contributed by atoms with Crippen LogP contribution in [0.5, 0.6) is 0 Å². The molecule has 0 aromatic carbocycles. The van der Waals surface area contributed by atoms with E-state index in [9.17, 15) is 9.59 Å². The molecule has 0 amide bonds. The summed E-state index contributed by atoms with van der Waals surface area (Å²) in [6.07, 6.45) is 2.30. The van der Waals surface area contributed by atoms with Crippen molar-refractivity contribution in [2.75, 3.05) is 0 Å². The fourth-order valence-electron chi connectivity index (χ4n) is 1.45. The van der Waals surface area contributed by atoms with E-state index >= 15 is 0 Å². The lowest BCUT2D eigenvalue weighted by atomic mass is 9.83. The van der Waals surface area contributed by atoms with Gasteiger partial charge in [-0.15, -0.1) is 0 Å². The molecule has 0 saturated heterocycles. The number of aryl methyl sites for hydroxylation is 1. The monoisotopic (exact) mass is 223 g/mol. The van der Waals surface area contributed by atoms with Gasteiger partial charge in [-0.3, -0.25) is 4.79 Å². The molecule has 0 spiro atoms. The van der Waals surface area contributed by atoms with Crippen molar-refractivity contribution in [1.82, 2.24) is 4.57 Å². The Morgan fingerprint density at radius 2 is 2.00 bits per heavy atom. The third kappa shape index (κ3) is 2.15. The molecule has 4 nitrogen and oxygen atoms in total. The van der Waals surface area contributed by atoms with Crippen LogP contribution in [0, 0.1) is 5.41 Å². The Labute approximate surface area is 94.9 Å². The van der Waals surface area contributed by atoms with Crippen LogP contribution in [0.15, 0.2) is 12.3 Å². The maximum atomic E-state index is 12.1. The van der Waals surface area contributed by atoms with E-state index in [1.165, 1.54) is 10.6 Å². The Hall–Kier alpha value is -1.58. The number of rotatable bonds is 4. The first-order chi connectivity index (χ1) is 7.29. The first-order valence-electron chi connectivity index (χ1n) is 5.24. The van der Waals surface area contributed by atoms with E-state index in [-0.39, 0.29) is 11.5 Å². The number of carboxylic acids is 1. The third-order valence-corrected chi connectivity index (χ3v) is 2.98. The second kappa shape index (κ2) is 4.12. The normalized spacial score (nSPS) is 11.5. The van der Waals surface area contributed by atoms with Crippen molar-refractivity contribution in [3.8, 4) is 0 Å². The van der Waals surface area contributed by atoms with E-state index in [0.29, 0.717) is 5.56 Å². The van der Waals surface area contributed by atoms with Crippen LogP contribution in [0.3, 0.4) is 0 Å². The van der Waals surface area contributed by atoms with Gasteiger partial charge in [0.25, 0.3) is 0 Å². The fourth-order valence-corrected chi connectivity index (χ4v) is 1.45. The second-order valence-corrected chi connectivity index (χ2v) is 4.60. The number of hydrogen-bond acceptors (Lipinski definition) is 2. The summed E-state index contributed by atoms with van der Waals surface area (Å²) < 4.78 is 1.46. The Kier molecular flexibility index (Phi) is 3.21. The maximum Gasteiger partial charge on any atom is 0.352 e. The van der Waals surface area contributed by atoms with Crippen molar-refractivity contribution in [2.24, 2.45) is 12.5 Å². The van der Waals surface area contributed by atoms with E-state index in [4.69, 9.17) is 5.11 Å². The van der Waals surface area contributed by atoms with Gasteiger partial charge in [-0.25, -0.2) is 4.79 Å². The Morgan fingerprint density at radius 3 is 2.38 bits per heavy atom. The van der Waals surface area contributed by atoms with Gasteiger partial charge in [0.1, 0.15) is 5.69 Å². The van der Waals surface area contributed by atoms with Gasteiger partial charge >= 0.3 is 5.97 Å². The number of hydrogen-bond donors (Lipinski definition) is 1. The average molecular weight is 223 g/mol. The summed E-state index contributed by atoms with van der Waals surface area (Å²) in [5, 5.41) is 8.89. The summed E-state index contributed by atoms with van der Waals surface area (Å²) in [6.45, 7) is 5.67. The zero-order valence-electron chi connectivity index (χ0n) is 10.1. The lowest BCUT2D eigenvalue weighted by Crippen LogP contribution is -2.22. The van der Waals surface area contributed by atoms with Crippen LogP contribution in [0.1, 0.15) is 48.0 Å². The summed E-state index contributed by atoms with van der Waals surface area (Å²) in [5.74, 6) is -1.03. The number of carbonyl (C=O) groups excluding carboxylic acids is 1. The Balaban J connectivity index is 3.12. The topological polar surface area (TPSA) is 59.3 Å². The van der Waals surface area contributed by atoms with Crippen molar-refractivity contribution in [1.29, 1.82) is 0 Å². The van der Waals surface area contributed by atoms with Crippen LogP contribution < -0.4 is 0 Å². The molecule has 0 aliphatic heterocycles. The molecule has 0 saturated carbocycles. The molecule has 1 N–H and O–H groups in total. The minimum absolute atomic E-state index is 0.0156. The average Bonchev–Trinajstić information content (AvgIpc) is 2.59. The Morgan fingerprint density at radius 1 is 1.44 bits per heavy atom. The molecule has 1 aromatic heterocycles. The van der Waals surface area contributed by atoms with Crippen LogP contribution in [-0.2, 0) is 7.05 Å². The highest BCUT2D eigenvalue weighted by molar-refractivity contribution is 6.01. The molecule has 0 aliphatic rings. The smallest absolute Gasteiger partial charge is 0.352 e. The first-order valence-corrected chi connectivity index (χ1v) is 5.24. The third-order valence-electron chi connectivity index (χ3n) is 2.98. The van der Waals surface area contributed by atoms with Gasteiger partial charge in [-0.05, 0) is 12.5 Å². The highest BCUT2D eigenvalue weighted by Crippen LogP contribution is 2.26. The van der Waals surface area contributed by atoms with E-state index in [1.807, 2.05) is 20.8 Å². The van der Waals surface area contributed by atoms with E-state index in [1.54, 1.807) is 13.2 Å². The number of carboxylic acid groups (broad SMARTS) is 1. The molecule has 0 atom stereocenters. The summed E-state index contributed by atoms with van der Waals surface area (Å²) in [7, 11) is 1.62. The second-order valence-electron chi connectivity index (χ2n) is 4.60. The van der Waals surface area contributed by atoms with Crippen LogP contribution >= 0.6 is 0 Å². The van der Waals surface area contributed by atoms with Crippen LogP contribution in [-0.4, -0.2) is 21.4 Å². The van der Waals surface area contributed by atoms with E-state index in [2.05, 4.69) is 0 Å². The quantitative estimate of drug-likeness (QED) is 0.797. The predicted molar refractivity (Wildman–Crippen MR) is 60.8 cm³/mol. The van der Waals surface area contributed by atoms with Crippen LogP contribution in [0.4, 0.5) is 0 Å². The van der Waals surface area contributed by atoms with Crippen LogP contribution in [0.2, 0.25) is 0 Å². The summed E-state index contributed by atoms with van der Waals surface area (Å²) in [5.41, 5.74) is 0.152. The number of carbonyl (C=O) groups is 2. The van der Waals surface area contributed by atoms with Crippen molar-refractivity contribution in [3.63, 3.8) is 0 Å². The minimum Gasteiger partial charge on any atom is -0.477 e. The zero-order valence-corrected chi connectivity index (χ0v) is 10.1. The van der Waals surface area contributed by atoms with Gasteiger partial charge in [0.05, 0.1) is 0 Å². The fraction of sp³-hybridized carbons (Fsp3) is 0.500. The highest BCUT2D eigenvalue weighted by atomic mass is 16.4. The SMILES string of the molecule is CCC(C)(C)C(=O)c1cc(C(=O)O)n(C)c1. The lowest BCUT2D eigenvalue weighted by Gasteiger charge is -2.19. The molecule has 1 rings (SSSR count). The molecule has 4 heteroatoms. The molecule has 1 aromatic rings. The predicted octanol–water partition coefficient (Wildman–Crippen LogP) is 2.34. The Bertz CT molecular complexity index is 429. The molecular weight excluding hydrogens is 206 g/mol. The maximum absolute atomic E-state index is 12.1. The first kappa shape index (κ1) is 12.5. The van der Waals surface area contributed by atoms with Crippen molar-refractivity contribution < 1.29 is 14.7 Å². The van der Waals surface area contributed by atoms with Gasteiger partial charge in [0.15, 0.2) is 5.78 Å². The summed E-state index contributed by atoms with van der Waals surface area (Å²) >= 11 is 0. The molecule has 0 radical (unpaired) electrons. The van der Waals surface area contributed by atoms with Gasteiger partial charge in [0, 0.05) is 24.2 Å². The molecule has 1 heterocycles. The molecular formula is C12H17NO3. The van der Waals surface area contributed by atoms with Gasteiger partial charge in [-0.2, -0.15) is 0 Å². The van der Waals surface area contributed by atoms with Gasteiger partial charge < -0.3 is 9.67 Å². The van der Waals surface area contributed by atoms with Crippen molar-refractivity contribution in [3.05, 3.63) is 23.5 Å². The van der Waals surface area contributed by atoms with Crippen molar-refractivity contribution >= 4 is 11.8 Å². The number of nitrogens with zero attached hydrogens (tertiary/aromatic N) is 1. The van der Waals surface area contributed by atoms with Gasteiger partial charge in [0.2, 0.25) is 0 Å². The molecule has 16 heavy (non-hydrogen) atoms. The van der Waals surface area contributed by atoms with Crippen molar-refractivity contribution in [2.45, 2.75) is 27.2 Å². The molecule has 88 valence electrons. The lowest BCUT2D eigenvalue weighted by molar-refractivity contribution is 0.0686. The van der Waals surface area contributed by atoms with E-state index in [0.717, 1.165) is 6.42 Å². The standard InChI is InChI=1S/C12H17NO3/c1-5-12(2,3)10(14)8-6-9(11(15)16)13(4)7-8/h6-7H,5H2,1-4H3,(H,15,16). The number of Topliss-reactive ketones (excluding diaryl/α,β-unsaturated/α-hetero) is 1. The van der Waals surface area contributed by atoms with E-state index < -0.39 is 11.4 Å². The molecule has 0 bridgehead atoms. The van der Waals surface area contributed by atoms with Crippen LogP contribution in [0.25, 0.3) is 0 Å².